The first-order chi connectivity index (χ1) is 10.2. The predicted molar refractivity (Wildman–Crippen MR) is 79.6 cm³/mol. The molecule has 0 aliphatic heterocycles. The number of carboxylic acids is 1. The Morgan fingerprint density at radius 3 is 2.95 bits per heavy atom. The number of aliphatic carboxylic acids is 1. The van der Waals surface area contributed by atoms with Crippen molar-refractivity contribution in [3.05, 3.63) is 47.2 Å². The lowest BCUT2D eigenvalue weighted by Crippen LogP contribution is -2.06. The van der Waals surface area contributed by atoms with Gasteiger partial charge >= 0.3 is 5.97 Å². The van der Waals surface area contributed by atoms with Crippen LogP contribution in [0.3, 0.4) is 0 Å². The van der Waals surface area contributed by atoms with Crippen LogP contribution in [0.15, 0.2) is 30.5 Å². The van der Waals surface area contributed by atoms with Crippen LogP contribution in [-0.4, -0.2) is 23.2 Å². The molecular weight excluding hydrogens is 266 g/mol. The molecular formula is C17H17NO3. The minimum Gasteiger partial charge on any atom is -0.481 e. The zero-order chi connectivity index (χ0) is 14.8. The van der Waals surface area contributed by atoms with Gasteiger partial charge in [0.25, 0.3) is 0 Å². The lowest BCUT2D eigenvalue weighted by molar-refractivity contribution is -0.136. The minimum atomic E-state index is -0.794. The van der Waals surface area contributed by atoms with Crippen molar-refractivity contribution in [2.75, 3.05) is 7.11 Å². The van der Waals surface area contributed by atoms with Crippen molar-refractivity contribution >= 4 is 5.97 Å². The van der Waals surface area contributed by atoms with Crippen LogP contribution in [0.5, 0.6) is 5.88 Å². The van der Waals surface area contributed by atoms with Gasteiger partial charge in [0.05, 0.1) is 13.5 Å². The highest BCUT2D eigenvalue weighted by molar-refractivity contribution is 5.78. The van der Waals surface area contributed by atoms with E-state index in [9.17, 15) is 9.90 Å². The van der Waals surface area contributed by atoms with Gasteiger partial charge in [0.1, 0.15) is 0 Å². The maximum atomic E-state index is 11.2. The number of hydrogen-bond donors (Lipinski definition) is 1. The number of pyridine rings is 1. The van der Waals surface area contributed by atoms with Crippen molar-refractivity contribution in [1.82, 2.24) is 4.98 Å². The highest BCUT2D eigenvalue weighted by Crippen LogP contribution is 2.34. The monoisotopic (exact) mass is 283 g/mol. The molecule has 1 N–H and O–H groups in total. The highest BCUT2D eigenvalue weighted by atomic mass is 16.5. The van der Waals surface area contributed by atoms with Gasteiger partial charge in [-0.15, -0.1) is 0 Å². The van der Waals surface area contributed by atoms with Gasteiger partial charge in [-0.05, 0) is 53.1 Å². The average Bonchev–Trinajstić information content (AvgIpc) is 2.96. The Balaban J connectivity index is 2.15. The molecule has 2 aromatic rings. The Labute approximate surface area is 123 Å². The molecule has 4 heteroatoms. The predicted octanol–water partition coefficient (Wildman–Crippen LogP) is 2.87. The van der Waals surface area contributed by atoms with E-state index in [4.69, 9.17) is 4.74 Å². The second-order valence-corrected chi connectivity index (χ2v) is 5.24. The van der Waals surface area contributed by atoms with Gasteiger partial charge in [-0.25, -0.2) is 4.98 Å². The van der Waals surface area contributed by atoms with Gasteiger partial charge in [0.2, 0.25) is 5.88 Å². The summed E-state index contributed by atoms with van der Waals surface area (Å²) in [4.78, 5) is 15.3. The number of nitrogens with zero attached hydrogens (tertiary/aromatic N) is 1. The molecule has 108 valence electrons. The third-order valence-electron chi connectivity index (χ3n) is 3.98. The van der Waals surface area contributed by atoms with E-state index in [1.165, 1.54) is 11.1 Å². The Morgan fingerprint density at radius 2 is 2.19 bits per heavy atom. The van der Waals surface area contributed by atoms with Crippen molar-refractivity contribution < 1.29 is 14.6 Å². The van der Waals surface area contributed by atoms with Gasteiger partial charge in [-0.3, -0.25) is 4.79 Å². The van der Waals surface area contributed by atoms with E-state index in [1.54, 1.807) is 13.3 Å². The lowest BCUT2D eigenvalue weighted by Gasteiger charge is -2.14. The summed E-state index contributed by atoms with van der Waals surface area (Å²) in [7, 11) is 1.58. The van der Waals surface area contributed by atoms with Crippen LogP contribution in [0.25, 0.3) is 11.1 Å². The summed E-state index contributed by atoms with van der Waals surface area (Å²) >= 11 is 0. The van der Waals surface area contributed by atoms with Crippen LogP contribution in [0.4, 0.5) is 0 Å². The molecule has 1 aliphatic carbocycles. The number of fused-ring (bicyclic) bond motifs is 1. The zero-order valence-corrected chi connectivity index (χ0v) is 11.9. The van der Waals surface area contributed by atoms with E-state index < -0.39 is 5.97 Å². The minimum absolute atomic E-state index is 0.0587. The SMILES string of the molecule is COc1cc(-c2ccc3c(c2CC(=O)O)CCC3)ccn1. The summed E-state index contributed by atoms with van der Waals surface area (Å²) in [6.45, 7) is 0. The smallest absolute Gasteiger partial charge is 0.307 e. The van der Waals surface area contributed by atoms with Crippen molar-refractivity contribution in [2.45, 2.75) is 25.7 Å². The largest absolute Gasteiger partial charge is 0.481 e. The van der Waals surface area contributed by atoms with E-state index in [1.807, 2.05) is 18.2 Å². The number of benzene rings is 1. The van der Waals surface area contributed by atoms with Crippen LogP contribution in [0, 0.1) is 0 Å². The molecule has 1 aliphatic rings. The van der Waals surface area contributed by atoms with E-state index in [0.717, 1.165) is 36.0 Å². The molecule has 0 unspecified atom stereocenters. The first-order valence-electron chi connectivity index (χ1n) is 7.05. The van der Waals surface area contributed by atoms with Crippen molar-refractivity contribution in [2.24, 2.45) is 0 Å². The number of aryl methyl sites for hydroxylation is 1. The molecule has 1 heterocycles. The Hall–Kier alpha value is -2.36. The lowest BCUT2D eigenvalue weighted by atomic mass is 9.91. The summed E-state index contributed by atoms with van der Waals surface area (Å²) in [5, 5.41) is 9.23. The number of carboxylic acid groups (broad SMARTS) is 1. The maximum absolute atomic E-state index is 11.2. The fourth-order valence-electron chi connectivity index (χ4n) is 3.05. The topological polar surface area (TPSA) is 59.4 Å². The fraction of sp³-hybridized carbons (Fsp3) is 0.294. The molecule has 1 aromatic carbocycles. The van der Waals surface area contributed by atoms with Crippen LogP contribution in [-0.2, 0) is 24.1 Å². The highest BCUT2D eigenvalue weighted by Gasteiger charge is 2.20. The molecule has 0 fully saturated rings. The van der Waals surface area contributed by atoms with Gasteiger partial charge in [0.15, 0.2) is 0 Å². The van der Waals surface area contributed by atoms with Gasteiger partial charge in [-0.2, -0.15) is 0 Å². The second-order valence-electron chi connectivity index (χ2n) is 5.24. The van der Waals surface area contributed by atoms with E-state index in [0.29, 0.717) is 5.88 Å². The van der Waals surface area contributed by atoms with Crippen molar-refractivity contribution in [3.63, 3.8) is 0 Å². The number of rotatable bonds is 4. The Kier molecular flexibility index (Phi) is 3.60. The quantitative estimate of drug-likeness (QED) is 0.937. The first kappa shape index (κ1) is 13.6. The molecule has 3 rings (SSSR count). The van der Waals surface area contributed by atoms with E-state index >= 15 is 0 Å². The molecule has 0 saturated carbocycles. The molecule has 4 nitrogen and oxygen atoms in total. The fourth-order valence-corrected chi connectivity index (χ4v) is 3.05. The Morgan fingerprint density at radius 1 is 1.33 bits per heavy atom. The number of hydrogen-bond acceptors (Lipinski definition) is 3. The number of aromatic nitrogens is 1. The van der Waals surface area contributed by atoms with Crippen LogP contribution in [0.2, 0.25) is 0 Å². The van der Waals surface area contributed by atoms with Crippen LogP contribution < -0.4 is 4.74 Å². The molecule has 0 amide bonds. The van der Waals surface area contributed by atoms with Crippen molar-refractivity contribution in [3.8, 4) is 17.0 Å². The number of carbonyl (C=O) groups is 1. The molecule has 0 saturated heterocycles. The molecule has 1 aromatic heterocycles. The van der Waals surface area contributed by atoms with Gasteiger partial charge in [-0.1, -0.05) is 12.1 Å². The standard InChI is InChI=1S/C17H17NO3/c1-21-16-9-12(7-8-18-16)14-6-5-11-3-2-4-13(11)15(14)10-17(19)20/h5-9H,2-4,10H2,1H3,(H,19,20). The summed E-state index contributed by atoms with van der Waals surface area (Å²) in [6, 6.07) is 7.89. The molecule has 0 radical (unpaired) electrons. The maximum Gasteiger partial charge on any atom is 0.307 e. The van der Waals surface area contributed by atoms with Crippen molar-refractivity contribution in [1.29, 1.82) is 0 Å². The molecule has 21 heavy (non-hydrogen) atoms. The first-order valence-corrected chi connectivity index (χ1v) is 7.05. The third-order valence-corrected chi connectivity index (χ3v) is 3.98. The Bertz CT molecular complexity index is 694. The molecule has 0 bridgehead atoms. The second kappa shape index (κ2) is 5.56. The zero-order valence-electron chi connectivity index (χ0n) is 11.9. The molecule has 0 spiro atoms. The summed E-state index contributed by atoms with van der Waals surface area (Å²) in [6.07, 6.45) is 4.86. The molecule has 0 atom stereocenters. The third kappa shape index (κ3) is 2.61. The number of ether oxygens (including phenoxy) is 1. The van der Waals surface area contributed by atoms with Gasteiger partial charge < -0.3 is 9.84 Å². The van der Waals surface area contributed by atoms with Gasteiger partial charge in [0, 0.05) is 12.3 Å². The van der Waals surface area contributed by atoms with E-state index in [2.05, 4.69) is 11.1 Å². The summed E-state index contributed by atoms with van der Waals surface area (Å²) < 4.78 is 5.16. The number of methoxy groups -OCH3 is 1. The average molecular weight is 283 g/mol. The van der Waals surface area contributed by atoms with Crippen LogP contribution in [0.1, 0.15) is 23.1 Å². The normalized spacial score (nSPS) is 13.0. The summed E-state index contributed by atoms with van der Waals surface area (Å²) in [5.74, 6) is -0.258. The summed E-state index contributed by atoms with van der Waals surface area (Å²) in [5.41, 5.74) is 5.36. The van der Waals surface area contributed by atoms with Crippen LogP contribution >= 0.6 is 0 Å². The van der Waals surface area contributed by atoms with E-state index in [-0.39, 0.29) is 6.42 Å².